The molecule has 0 saturated heterocycles. The minimum Gasteiger partial charge on any atom is -0.481 e. The largest absolute Gasteiger partial charge is 0.481 e. The van der Waals surface area contributed by atoms with E-state index in [-0.39, 0.29) is 43.2 Å². The summed E-state index contributed by atoms with van der Waals surface area (Å²) in [6.07, 6.45) is 1.92. The second-order valence-corrected chi connectivity index (χ2v) is 8.44. The van der Waals surface area contributed by atoms with Crippen molar-refractivity contribution in [3.63, 3.8) is 0 Å². The van der Waals surface area contributed by atoms with Gasteiger partial charge in [0.1, 0.15) is 6.61 Å². The van der Waals surface area contributed by atoms with Crippen molar-refractivity contribution in [1.82, 2.24) is 10.6 Å². The molecule has 2 aliphatic rings. The lowest BCUT2D eigenvalue weighted by atomic mass is 9.96. The van der Waals surface area contributed by atoms with Crippen LogP contribution in [0.1, 0.15) is 42.7 Å². The van der Waals surface area contributed by atoms with Gasteiger partial charge in [-0.2, -0.15) is 0 Å². The predicted octanol–water partition coefficient (Wildman–Crippen LogP) is 3.53. The van der Waals surface area contributed by atoms with E-state index in [9.17, 15) is 19.5 Å². The number of hydrogen-bond acceptors (Lipinski definition) is 4. The van der Waals surface area contributed by atoms with Crippen LogP contribution in [0, 0.1) is 11.8 Å². The highest BCUT2D eigenvalue weighted by Crippen LogP contribution is 2.44. The van der Waals surface area contributed by atoms with Crippen molar-refractivity contribution >= 4 is 18.0 Å². The van der Waals surface area contributed by atoms with E-state index in [0.29, 0.717) is 13.0 Å². The molecule has 0 heterocycles. The second-order valence-electron chi connectivity index (χ2n) is 8.44. The van der Waals surface area contributed by atoms with Crippen LogP contribution in [0.4, 0.5) is 4.79 Å². The Morgan fingerprint density at radius 3 is 2.25 bits per heavy atom. The number of benzene rings is 2. The number of aliphatic carboxylic acids is 1. The standard InChI is InChI=1S/C25H28N2O5/c28-23(27-14-16-6-5-11-17(16)24(29)30)12-13-26-25(31)32-15-22-20-9-3-1-7-18(20)19-8-2-4-10-21(19)22/h1-4,7-10,16-17,22H,5-6,11-15H2,(H,26,31)(H,27,28)(H,29,30)/t16-,17-/m0/s1. The maximum atomic E-state index is 12.2. The summed E-state index contributed by atoms with van der Waals surface area (Å²) >= 11 is 0. The van der Waals surface area contributed by atoms with Gasteiger partial charge < -0.3 is 20.5 Å². The van der Waals surface area contributed by atoms with Crippen LogP contribution >= 0.6 is 0 Å². The van der Waals surface area contributed by atoms with Crippen LogP contribution in [0.3, 0.4) is 0 Å². The zero-order valence-corrected chi connectivity index (χ0v) is 17.9. The van der Waals surface area contributed by atoms with E-state index in [1.807, 2.05) is 24.3 Å². The minimum absolute atomic E-state index is 0.00922. The first-order valence-electron chi connectivity index (χ1n) is 11.1. The number of rotatable bonds is 8. The molecule has 3 N–H and O–H groups in total. The molecule has 0 aromatic heterocycles. The minimum atomic E-state index is -0.793. The number of alkyl carbamates (subject to hydrolysis) is 1. The van der Waals surface area contributed by atoms with Crippen LogP contribution in [0.15, 0.2) is 48.5 Å². The first-order valence-corrected chi connectivity index (χ1v) is 11.1. The van der Waals surface area contributed by atoms with Gasteiger partial charge in [0.05, 0.1) is 5.92 Å². The third-order valence-electron chi connectivity index (χ3n) is 6.50. The Balaban J connectivity index is 1.20. The van der Waals surface area contributed by atoms with Crippen molar-refractivity contribution in [2.75, 3.05) is 19.7 Å². The van der Waals surface area contributed by atoms with Crippen LogP contribution in [0.5, 0.6) is 0 Å². The molecule has 1 fully saturated rings. The molecule has 0 spiro atoms. The highest BCUT2D eigenvalue weighted by atomic mass is 16.5. The van der Waals surface area contributed by atoms with Gasteiger partial charge in [0, 0.05) is 25.4 Å². The summed E-state index contributed by atoms with van der Waals surface area (Å²) in [7, 11) is 0. The maximum absolute atomic E-state index is 12.2. The van der Waals surface area contributed by atoms with Gasteiger partial charge in [-0.15, -0.1) is 0 Å². The molecule has 2 atom stereocenters. The van der Waals surface area contributed by atoms with Gasteiger partial charge in [-0.25, -0.2) is 4.79 Å². The van der Waals surface area contributed by atoms with Crippen LogP contribution in [0.25, 0.3) is 11.1 Å². The quantitative estimate of drug-likeness (QED) is 0.587. The molecule has 4 rings (SSSR count). The van der Waals surface area contributed by atoms with Crippen molar-refractivity contribution in [3.8, 4) is 11.1 Å². The average Bonchev–Trinajstić information content (AvgIpc) is 3.39. The zero-order chi connectivity index (χ0) is 22.5. The highest BCUT2D eigenvalue weighted by molar-refractivity contribution is 5.79. The Bertz CT molecular complexity index is 960. The average molecular weight is 437 g/mol. The number of hydrogen-bond donors (Lipinski definition) is 3. The molecule has 0 aliphatic heterocycles. The molecule has 7 nitrogen and oxygen atoms in total. The molecule has 7 heteroatoms. The first-order chi connectivity index (χ1) is 15.5. The normalized spacial score (nSPS) is 19.1. The van der Waals surface area contributed by atoms with Gasteiger partial charge in [0.2, 0.25) is 5.91 Å². The fourth-order valence-corrected chi connectivity index (χ4v) is 4.87. The third-order valence-corrected chi connectivity index (χ3v) is 6.50. The number of nitrogens with one attached hydrogen (secondary N) is 2. The van der Waals surface area contributed by atoms with E-state index >= 15 is 0 Å². The summed E-state index contributed by atoms with van der Waals surface area (Å²) in [4.78, 5) is 35.4. The van der Waals surface area contributed by atoms with Crippen LogP contribution in [-0.2, 0) is 14.3 Å². The first kappa shape index (κ1) is 21.9. The molecule has 2 aromatic carbocycles. The van der Waals surface area contributed by atoms with Gasteiger partial charge in [0.25, 0.3) is 0 Å². The van der Waals surface area contributed by atoms with Gasteiger partial charge >= 0.3 is 12.1 Å². The van der Waals surface area contributed by atoms with E-state index in [1.165, 1.54) is 11.1 Å². The van der Waals surface area contributed by atoms with Gasteiger partial charge in [0.15, 0.2) is 0 Å². The van der Waals surface area contributed by atoms with Crippen LogP contribution < -0.4 is 10.6 Å². The Hall–Kier alpha value is -3.35. The SMILES string of the molecule is O=C(CCNC(=O)OCC1c2ccccc2-c2ccccc21)NC[C@@H]1CCC[C@@H]1C(=O)O. The molecule has 168 valence electrons. The summed E-state index contributed by atoms with van der Waals surface area (Å²) < 4.78 is 5.46. The number of fused-ring (bicyclic) bond motifs is 3. The van der Waals surface area contributed by atoms with E-state index in [2.05, 4.69) is 34.9 Å². The van der Waals surface area contributed by atoms with Crippen molar-refractivity contribution in [2.45, 2.75) is 31.6 Å². The third kappa shape index (κ3) is 4.77. The van der Waals surface area contributed by atoms with E-state index < -0.39 is 12.1 Å². The van der Waals surface area contributed by atoms with E-state index in [1.54, 1.807) is 0 Å². The highest BCUT2D eigenvalue weighted by Gasteiger charge is 2.33. The number of ether oxygens (including phenoxy) is 1. The molecule has 2 aliphatic carbocycles. The van der Waals surface area contributed by atoms with E-state index in [0.717, 1.165) is 24.0 Å². The summed E-state index contributed by atoms with van der Waals surface area (Å²) in [5.74, 6) is -1.41. The smallest absolute Gasteiger partial charge is 0.407 e. The molecule has 32 heavy (non-hydrogen) atoms. The Labute approximate surface area is 187 Å². The fraction of sp³-hybridized carbons (Fsp3) is 0.400. The van der Waals surface area contributed by atoms with Crippen LogP contribution in [-0.4, -0.2) is 42.8 Å². The number of carboxylic acid groups (broad SMARTS) is 1. The Morgan fingerprint density at radius 1 is 0.938 bits per heavy atom. The number of amides is 2. The molecular formula is C25H28N2O5. The lowest BCUT2D eigenvalue weighted by Gasteiger charge is -2.16. The van der Waals surface area contributed by atoms with Crippen molar-refractivity contribution in [2.24, 2.45) is 11.8 Å². The Morgan fingerprint density at radius 2 is 1.59 bits per heavy atom. The van der Waals surface area contributed by atoms with Gasteiger partial charge in [-0.05, 0) is 41.0 Å². The summed E-state index contributed by atoms with van der Waals surface area (Å²) in [6, 6.07) is 16.3. The lowest BCUT2D eigenvalue weighted by Crippen LogP contribution is -2.35. The van der Waals surface area contributed by atoms with Crippen molar-refractivity contribution in [1.29, 1.82) is 0 Å². The van der Waals surface area contributed by atoms with Crippen molar-refractivity contribution < 1.29 is 24.2 Å². The fourth-order valence-electron chi connectivity index (χ4n) is 4.87. The van der Waals surface area contributed by atoms with E-state index in [4.69, 9.17) is 4.74 Å². The monoisotopic (exact) mass is 436 g/mol. The topological polar surface area (TPSA) is 105 Å². The lowest BCUT2D eigenvalue weighted by molar-refractivity contribution is -0.143. The molecule has 1 saturated carbocycles. The van der Waals surface area contributed by atoms with Gasteiger partial charge in [-0.3, -0.25) is 9.59 Å². The molecule has 0 radical (unpaired) electrons. The summed E-state index contributed by atoms with van der Waals surface area (Å²) in [5, 5.41) is 14.6. The number of carbonyl (C=O) groups is 3. The number of carbonyl (C=O) groups excluding carboxylic acids is 2. The maximum Gasteiger partial charge on any atom is 0.407 e. The molecular weight excluding hydrogens is 408 g/mol. The molecule has 2 amide bonds. The summed E-state index contributed by atoms with van der Waals surface area (Å²) in [6.45, 7) is 0.751. The molecule has 0 bridgehead atoms. The second kappa shape index (κ2) is 9.85. The zero-order valence-electron chi connectivity index (χ0n) is 17.9. The van der Waals surface area contributed by atoms with Gasteiger partial charge in [-0.1, -0.05) is 55.0 Å². The van der Waals surface area contributed by atoms with Crippen molar-refractivity contribution in [3.05, 3.63) is 59.7 Å². The summed E-state index contributed by atoms with van der Waals surface area (Å²) in [5.41, 5.74) is 4.63. The Kier molecular flexibility index (Phi) is 6.73. The van der Waals surface area contributed by atoms with Crippen LogP contribution in [0.2, 0.25) is 0 Å². The predicted molar refractivity (Wildman–Crippen MR) is 119 cm³/mol. The molecule has 0 unspecified atom stereocenters. The molecule has 2 aromatic rings. The number of carboxylic acids is 1.